The molecule has 3 rings (SSSR count). The van der Waals surface area contributed by atoms with Gasteiger partial charge in [0.05, 0.1) is 10.6 Å². The molecule has 5 heteroatoms. The standard InChI is InChI=1S/C13H14N2O2S/c1-8-4-2-6-15-11(8)10(13(16)17)14-12(15)9-5-3-7-18-9/h3,5,7-8H,2,4,6H2,1H3,(H,16,17). The van der Waals surface area contributed by atoms with E-state index in [0.717, 1.165) is 35.8 Å². The SMILES string of the molecule is CC1CCCn2c(-c3cccs3)nc(C(=O)O)c21. The van der Waals surface area contributed by atoms with Crippen LogP contribution in [0.15, 0.2) is 17.5 Å². The normalized spacial score (nSPS) is 18.6. The number of fused-ring (bicyclic) bond motifs is 1. The van der Waals surface area contributed by atoms with E-state index < -0.39 is 5.97 Å². The third-order valence-electron chi connectivity index (χ3n) is 3.44. The summed E-state index contributed by atoms with van der Waals surface area (Å²) in [5.74, 6) is 0.158. The van der Waals surface area contributed by atoms with Crippen LogP contribution in [0.1, 0.15) is 41.9 Å². The van der Waals surface area contributed by atoms with Gasteiger partial charge in [0.2, 0.25) is 0 Å². The highest BCUT2D eigenvalue weighted by Crippen LogP contribution is 2.35. The third-order valence-corrected chi connectivity index (χ3v) is 4.30. The van der Waals surface area contributed by atoms with E-state index in [9.17, 15) is 9.90 Å². The summed E-state index contributed by atoms with van der Waals surface area (Å²) < 4.78 is 2.09. The highest BCUT2D eigenvalue weighted by Gasteiger charge is 2.29. The number of rotatable bonds is 2. The number of carboxylic acid groups (broad SMARTS) is 1. The van der Waals surface area contributed by atoms with Gasteiger partial charge in [0.25, 0.3) is 0 Å². The maximum atomic E-state index is 11.3. The van der Waals surface area contributed by atoms with E-state index >= 15 is 0 Å². The van der Waals surface area contributed by atoms with Crippen LogP contribution >= 0.6 is 11.3 Å². The number of aromatic nitrogens is 2. The fraction of sp³-hybridized carbons (Fsp3) is 0.385. The molecule has 0 saturated heterocycles. The molecule has 0 spiro atoms. The van der Waals surface area contributed by atoms with Crippen LogP contribution in [0.4, 0.5) is 0 Å². The largest absolute Gasteiger partial charge is 0.476 e. The van der Waals surface area contributed by atoms with Gasteiger partial charge in [-0.25, -0.2) is 9.78 Å². The summed E-state index contributed by atoms with van der Waals surface area (Å²) in [6, 6.07) is 3.96. The second-order valence-electron chi connectivity index (χ2n) is 4.65. The lowest BCUT2D eigenvalue weighted by Crippen LogP contribution is -2.16. The molecular weight excluding hydrogens is 248 g/mol. The van der Waals surface area contributed by atoms with Gasteiger partial charge in [-0.2, -0.15) is 0 Å². The van der Waals surface area contributed by atoms with E-state index in [0.29, 0.717) is 0 Å². The summed E-state index contributed by atoms with van der Waals surface area (Å²) in [7, 11) is 0. The van der Waals surface area contributed by atoms with Crippen LogP contribution in [-0.2, 0) is 6.54 Å². The zero-order valence-corrected chi connectivity index (χ0v) is 10.9. The molecular formula is C13H14N2O2S. The second kappa shape index (κ2) is 4.24. The van der Waals surface area contributed by atoms with Crippen molar-refractivity contribution in [3.63, 3.8) is 0 Å². The van der Waals surface area contributed by atoms with Crippen LogP contribution in [0.3, 0.4) is 0 Å². The molecule has 0 saturated carbocycles. The maximum absolute atomic E-state index is 11.3. The molecule has 1 unspecified atom stereocenters. The van der Waals surface area contributed by atoms with Crippen LogP contribution in [0.5, 0.6) is 0 Å². The number of carboxylic acids is 1. The number of carbonyl (C=O) groups is 1. The highest BCUT2D eigenvalue weighted by atomic mass is 32.1. The molecule has 0 radical (unpaired) electrons. The van der Waals surface area contributed by atoms with Gasteiger partial charge >= 0.3 is 5.97 Å². The van der Waals surface area contributed by atoms with Crippen LogP contribution < -0.4 is 0 Å². The molecule has 2 aromatic rings. The fourth-order valence-electron chi connectivity index (χ4n) is 2.63. The lowest BCUT2D eigenvalue weighted by molar-refractivity contribution is 0.0688. The number of hydrogen-bond donors (Lipinski definition) is 1. The molecule has 0 amide bonds. The lowest BCUT2D eigenvalue weighted by atomic mass is 9.96. The van der Waals surface area contributed by atoms with Gasteiger partial charge in [-0.1, -0.05) is 13.0 Å². The Balaban J connectivity index is 2.22. The van der Waals surface area contributed by atoms with E-state index in [1.807, 2.05) is 17.5 Å². The zero-order valence-electron chi connectivity index (χ0n) is 10.1. The van der Waals surface area contributed by atoms with Gasteiger partial charge in [0.15, 0.2) is 11.5 Å². The van der Waals surface area contributed by atoms with E-state index in [1.165, 1.54) is 0 Å². The first-order chi connectivity index (χ1) is 8.68. The summed E-state index contributed by atoms with van der Waals surface area (Å²) in [6.45, 7) is 2.95. The molecule has 1 aliphatic heterocycles. The quantitative estimate of drug-likeness (QED) is 0.904. The Kier molecular flexibility index (Phi) is 2.70. The molecule has 0 aromatic carbocycles. The molecule has 0 fully saturated rings. The smallest absolute Gasteiger partial charge is 0.356 e. The third kappa shape index (κ3) is 1.66. The minimum atomic E-state index is -0.921. The number of imidazole rings is 1. The first-order valence-corrected chi connectivity index (χ1v) is 6.94. The van der Waals surface area contributed by atoms with Crippen molar-refractivity contribution in [1.29, 1.82) is 0 Å². The molecule has 94 valence electrons. The van der Waals surface area contributed by atoms with Crippen molar-refractivity contribution in [2.45, 2.75) is 32.2 Å². The Morgan fingerprint density at radius 2 is 2.44 bits per heavy atom. The Morgan fingerprint density at radius 1 is 1.61 bits per heavy atom. The minimum Gasteiger partial charge on any atom is -0.476 e. The van der Waals surface area contributed by atoms with Crippen molar-refractivity contribution in [3.05, 3.63) is 28.9 Å². The number of thiophene rings is 1. The van der Waals surface area contributed by atoms with Crippen LogP contribution in [0.25, 0.3) is 10.7 Å². The van der Waals surface area contributed by atoms with Crippen molar-refractivity contribution in [2.75, 3.05) is 0 Å². The van der Waals surface area contributed by atoms with E-state index in [2.05, 4.69) is 16.5 Å². The molecule has 18 heavy (non-hydrogen) atoms. The van der Waals surface area contributed by atoms with Crippen LogP contribution in [-0.4, -0.2) is 20.6 Å². The molecule has 0 aliphatic carbocycles. The Morgan fingerprint density at radius 3 is 3.11 bits per heavy atom. The van der Waals surface area contributed by atoms with Gasteiger partial charge in [-0.3, -0.25) is 0 Å². The lowest BCUT2D eigenvalue weighted by Gasteiger charge is -2.22. The van der Waals surface area contributed by atoms with Gasteiger partial charge < -0.3 is 9.67 Å². The van der Waals surface area contributed by atoms with Crippen molar-refractivity contribution in [2.24, 2.45) is 0 Å². The van der Waals surface area contributed by atoms with Crippen LogP contribution in [0, 0.1) is 0 Å². The first-order valence-electron chi connectivity index (χ1n) is 6.06. The van der Waals surface area contributed by atoms with Gasteiger partial charge in [0.1, 0.15) is 0 Å². The number of aromatic carboxylic acids is 1. The highest BCUT2D eigenvalue weighted by molar-refractivity contribution is 7.13. The van der Waals surface area contributed by atoms with Crippen molar-refractivity contribution < 1.29 is 9.90 Å². The average molecular weight is 262 g/mol. The summed E-state index contributed by atoms with van der Waals surface area (Å²) in [4.78, 5) is 16.7. The van der Waals surface area contributed by atoms with E-state index in [1.54, 1.807) is 11.3 Å². The van der Waals surface area contributed by atoms with Crippen molar-refractivity contribution >= 4 is 17.3 Å². The monoisotopic (exact) mass is 262 g/mol. The molecule has 1 N–H and O–H groups in total. The average Bonchev–Trinajstić information content (AvgIpc) is 2.95. The molecule has 3 heterocycles. The van der Waals surface area contributed by atoms with E-state index in [4.69, 9.17) is 0 Å². The Hall–Kier alpha value is -1.62. The first kappa shape index (κ1) is 11.5. The summed E-state index contributed by atoms with van der Waals surface area (Å²) in [5, 5.41) is 11.3. The Labute approximate surface area is 109 Å². The molecule has 4 nitrogen and oxygen atoms in total. The van der Waals surface area contributed by atoms with Gasteiger partial charge in [-0.05, 0) is 30.2 Å². The van der Waals surface area contributed by atoms with Crippen LogP contribution in [0.2, 0.25) is 0 Å². The fourth-order valence-corrected chi connectivity index (χ4v) is 3.36. The predicted molar refractivity (Wildman–Crippen MR) is 70.1 cm³/mol. The maximum Gasteiger partial charge on any atom is 0.356 e. The topological polar surface area (TPSA) is 55.1 Å². The summed E-state index contributed by atoms with van der Waals surface area (Å²) >= 11 is 1.60. The molecule has 2 aromatic heterocycles. The zero-order chi connectivity index (χ0) is 12.7. The molecule has 1 atom stereocenters. The predicted octanol–water partition coefficient (Wildman–Crippen LogP) is 3.21. The second-order valence-corrected chi connectivity index (χ2v) is 5.59. The summed E-state index contributed by atoms with van der Waals surface area (Å²) in [5.41, 5.74) is 1.11. The number of nitrogens with zero attached hydrogens (tertiary/aromatic N) is 2. The van der Waals surface area contributed by atoms with Crippen molar-refractivity contribution in [3.8, 4) is 10.7 Å². The molecule has 1 aliphatic rings. The van der Waals surface area contributed by atoms with Gasteiger partial charge in [0, 0.05) is 6.54 Å². The summed E-state index contributed by atoms with van der Waals surface area (Å²) in [6.07, 6.45) is 2.12. The number of hydrogen-bond acceptors (Lipinski definition) is 3. The van der Waals surface area contributed by atoms with Gasteiger partial charge in [-0.15, -0.1) is 11.3 Å². The van der Waals surface area contributed by atoms with Crippen molar-refractivity contribution in [1.82, 2.24) is 9.55 Å². The minimum absolute atomic E-state index is 0.227. The van der Waals surface area contributed by atoms with E-state index in [-0.39, 0.29) is 11.6 Å². The Bertz CT molecular complexity index is 586. The molecule has 0 bridgehead atoms.